The van der Waals surface area contributed by atoms with E-state index >= 15 is 0 Å². The van der Waals surface area contributed by atoms with E-state index in [-0.39, 0.29) is 36.8 Å². The molecule has 0 N–H and O–H groups in total. The molecule has 0 atom stereocenters. The van der Waals surface area contributed by atoms with Gasteiger partial charge in [0.2, 0.25) is 0 Å². The molecule has 0 unspecified atom stereocenters. The van der Waals surface area contributed by atoms with Crippen LogP contribution in [0.15, 0.2) is 132 Å². The van der Waals surface area contributed by atoms with Gasteiger partial charge in [-0.15, -0.1) is 58.7 Å². The summed E-state index contributed by atoms with van der Waals surface area (Å²) < 4.78 is 83.6. The molecule has 7 aromatic rings. The molecule has 2 heterocycles. The average Bonchev–Trinajstić information content (AvgIpc) is 3.87. The molecule has 8 rings (SSSR count). The number of hydrogen-bond acceptors (Lipinski definition) is 2. The van der Waals surface area contributed by atoms with Gasteiger partial charge in [0.25, 0.3) is 0 Å². The monoisotopic (exact) mass is 878 g/mol. The maximum absolute atomic E-state index is 9.58. The second kappa shape index (κ2) is 17.1. The number of aromatic nitrogens is 1. The second-order valence-electron chi connectivity index (χ2n) is 12.9. The molecule has 0 saturated heterocycles. The number of nitrogens with zero attached hydrogens (tertiary/aromatic N) is 2. The molecule has 2 aromatic heterocycles. The van der Waals surface area contributed by atoms with Crippen molar-refractivity contribution in [2.75, 3.05) is 0 Å². The first-order valence-electron chi connectivity index (χ1n) is 22.3. The van der Waals surface area contributed by atoms with Gasteiger partial charge in [-0.1, -0.05) is 129 Å². The van der Waals surface area contributed by atoms with Gasteiger partial charge in [0.05, 0.1) is 0 Å². The van der Waals surface area contributed by atoms with E-state index in [1.807, 2.05) is 79.7 Å². The van der Waals surface area contributed by atoms with E-state index in [4.69, 9.17) is 18.1 Å². The summed E-state index contributed by atoms with van der Waals surface area (Å²) >= 11 is 0. The molecule has 4 heteroatoms. The molecule has 0 radical (unpaired) electrons. The molecule has 1 aliphatic rings. The standard InChI is InChI=1S/C30H27NO.C19H16N.Ir/c1-20-10-15-27-28-9-5-8-26(30(28)32-29(27)18-20)21(2)19-25(16-17-31)24-13-11-23(12-14-24)22-6-3-4-7-22;1-14-8-11-19(20-13-14)17-10-9-15(2)18(12-17)16-6-4-3-5-7-16;/h5,9-19,22H,3-4,6-7H2,1-2H3;3-9,11-13H,1-2H3;/q-2;-1;+3/b21-19+,25-16+;;/i1D3,22D;1D3,2D3;. The maximum atomic E-state index is 9.58. The fourth-order valence-electron chi connectivity index (χ4n) is 6.69. The largest absolute Gasteiger partial charge is 3.00 e. The van der Waals surface area contributed by atoms with E-state index in [9.17, 15) is 5.41 Å². The molecule has 0 amide bonds. The summed E-state index contributed by atoms with van der Waals surface area (Å²) in [4.78, 5) is 4.21. The molecule has 53 heavy (non-hydrogen) atoms. The molecule has 0 aliphatic heterocycles. The van der Waals surface area contributed by atoms with Crippen molar-refractivity contribution < 1.29 is 38.2 Å². The van der Waals surface area contributed by atoms with Gasteiger partial charge in [-0.05, 0) is 77.6 Å². The summed E-state index contributed by atoms with van der Waals surface area (Å²) in [5.74, 6) is -0.497. The molecule has 5 aromatic carbocycles. The fraction of sp³-hybridized carbons (Fsp3) is 0.184. The Morgan fingerprint density at radius 3 is 2.40 bits per heavy atom. The Bertz CT molecular complexity index is 2780. The Balaban J connectivity index is 0.000000217. The number of benzene rings is 5. The average molecular weight is 878 g/mol. The number of allylic oxidation sites excluding steroid dienone is 4. The van der Waals surface area contributed by atoms with Crippen molar-refractivity contribution >= 4 is 39.3 Å². The van der Waals surface area contributed by atoms with Gasteiger partial charge in [0.15, 0.2) is 0 Å². The minimum Gasteiger partial charge on any atom is -0.811 e. The molecule has 264 valence electrons. The molecule has 0 bridgehead atoms. The maximum Gasteiger partial charge on any atom is 3.00 e. The van der Waals surface area contributed by atoms with Crippen LogP contribution in [0.5, 0.6) is 0 Å². The van der Waals surface area contributed by atoms with E-state index in [0.29, 0.717) is 28.0 Å². The van der Waals surface area contributed by atoms with Crippen molar-refractivity contribution in [1.29, 1.82) is 0 Å². The quantitative estimate of drug-likeness (QED) is 0.0910. The van der Waals surface area contributed by atoms with Crippen LogP contribution in [-0.2, 0) is 20.1 Å². The van der Waals surface area contributed by atoms with Crippen LogP contribution < -0.4 is 0 Å². The van der Waals surface area contributed by atoms with Crippen LogP contribution >= 0.6 is 0 Å². The van der Waals surface area contributed by atoms with Crippen LogP contribution in [0.1, 0.15) is 85.6 Å². The first kappa shape index (κ1) is 26.6. The Morgan fingerprint density at radius 2 is 1.68 bits per heavy atom. The van der Waals surface area contributed by atoms with E-state index < -0.39 is 26.4 Å². The van der Waals surface area contributed by atoms with E-state index in [1.54, 1.807) is 36.4 Å². The summed E-state index contributed by atoms with van der Waals surface area (Å²) in [5.41, 5.74) is 8.74. The molecule has 1 saturated carbocycles. The Hall–Kier alpha value is -5.15. The van der Waals surface area contributed by atoms with Gasteiger partial charge in [0.1, 0.15) is 5.58 Å². The molecule has 0 spiro atoms. The van der Waals surface area contributed by atoms with Crippen LogP contribution in [-0.4, -0.2) is 11.2 Å². The summed E-state index contributed by atoms with van der Waals surface area (Å²) in [6.07, 6.45) is 9.94. The SMILES string of the molecule is [2H]C([2H])([2H])c1ccc(-c2[c-]cc(C([2H])([2H])[2H])c(-c3ccccc3)c2)nc1.[2H]C([2H])([2H])c1ccc2c(c1)oc1c(/C(C)=C/C(=C\C=[N-])c3ccc(C4([2H])CCCC4)cc3)[c-]ccc12.[Ir+3]. The molecule has 1 fully saturated rings. The first-order valence-corrected chi connectivity index (χ1v) is 17.3. The molecule has 1 aliphatic carbocycles. The summed E-state index contributed by atoms with van der Waals surface area (Å²) in [6, 6.07) is 38.6. The first-order chi connectivity index (χ1) is 29.4. The second-order valence-corrected chi connectivity index (χ2v) is 12.9. The van der Waals surface area contributed by atoms with Crippen molar-refractivity contribution in [2.45, 2.75) is 59.1 Å². The van der Waals surface area contributed by atoms with Crippen LogP contribution in [0, 0.1) is 32.7 Å². The van der Waals surface area contributed by atoms with Crippen molar-refractivity contribution in [1.82, 2.24) is 4.98 Å². The number of aryl methyl sites for hydroxylation is 3. The topological polar surface area (TPSA) is 48.3 Å². The third-order valence-electron chi connectivity index (χ3n) is 9.36. The zero-order valence-corrected chi connectivity index (χ0v) is 31.6. The number of pyridine rings is 1. The summed E-state index contributed by atoms with van der Waals surface area (Å²) in [6.45, 7) is -4.72. The Labute approximate surface area is 341 Å². The Morgan fingerprint density at radius 1 is 0.887 bits per heavy atom. The van der Waals surface area contributed by atoms with Gasteiger partial charge in [-0.3, -0.25) is 0 Å². The van der Waals surface area contributed by atoms with Gasteiger partial charge < -0.3 is 14.8 Å². The van der Waals surface area contributed by atoms with E-state index in [1.165, 1.54) is 18.3 Å². The minimum atomic E-state index is -2.27. The van der Waals surface area contributed by atoms with E-state index in [0.717, 1.165) is 76.1 Å². The van der Waals surface area contributed by atoms with Crippen molar-refractivity contribution in [3.63, 3.8) is 0 Å². The Kier molecular flexibility index (Phi) is 8.59. The normalized spacial score (nSPS) is 17.5. The summed E-state index contributed by atoms with van der Waals surface area (Å²) in [7, 11) is 0. The molecular weight excluding hydrogens is 825 g/mol. The predicted octanol–water partition coefficient (Wildman–Crippen LogP) is 13.3. The summed E-state index contributed by atoms with van der Waals surface area (Å²) in [5, 5.41) is 11.3. The molecule has 3 nitrogen and oxygen atoms in total. The zero-order valence-electron chi connectivity index (χ0n) is 39.2. The van der Waals surface area contributed by atoms with Crippen LogP contribution in [0.2, 0.25) is 0 Å². The number of hydrogen-bond donors (Lipinski definition) is 0. The van der Waals surface area contributed by atoms with Crippen molar-refractivity contribution in [2.24, 2.45) is 0 Å². The van der Waals surface area contributed by atoms with Gasteiger partial charge in [-0.2, -0.15) is 6.21 Å². The predicted molar refractivity (Wildman–Crippen MR) is 219 cm³/mol. The third kappa shape index (κ3) is 8.57. The van der Waals surface area contributed by atoms with Crippen molar-refractivity contribution in [3.05, 3.63) is 178 Å². The van der Waals surface area contributed by atoms with Crippen LogP contribution in [0.3, 0.4) is 0 Å². The number of rotatable bonds is 7. The number of furan rings is 1. The fourth-order valence-corrected chi connectivity index (χ4v) is 6.69. The van der Waals surface area contributed by atoms with Crippen molar-refractivity contribution in [3.8, 4) is 22.4 Å². The van der Waals surface area contributed by atoms with Gasteiger partial charge >= 0.3 is 20.1 Å². The minimum absolute atomic E-state index is 0. The third-order valence-corrected chi connectivity index (χ3v) is 9.36. The number of fused-ring (bicyclic) bond motifs is 3. The van der Waals surface area contributed by atoms with E-state index in [2.05, 4.69) is 17.1 Å². The van der Waals surface area contributed by atoms with Crippen LogP contribution in [0.4, 0.5) is 0 Å². The zero-order chi connectivity index (χ0) is 44.5. The van der Waals surface area contributed by atoms with Crippen LogP contribution in [0.25, 0.3) is 60.9 Å². The van der Waals surface area contributed by atoms with Gasteiger partial charge in [-0.25, -0.2) is 0 Å². The molecular formula is C49H43IrN2O. The van der Waals surface area contributed by atoms with Gasteiger partial charge in [0, 0.05) is 30.9 Å². The smallest absolute Gasteiger partial charge is 0.811 e.